The molecule has 2 aliphatic heterocycles. The van der Waals surface area contributed by atoms with Crippen LogP contribution in [0.3, 0.4) is 0 Å². The Labute approximate surface area is 141 Å². The molecule has 0 spiro atoms. The standard InChI is InChI=1S/C18H20N4O2/c1-12-6-13(2)20-17-11-22(10-16(12)17)18(23)24-15-8-21(9-15)14-4-3-5-19-7-14/h3-7,15H,8-11H2,1-2H3. The Morgan fingerprint density at radius 3 is 2.88 bits per heavy atom. The van der Waals surface area contributed by atoms with E-state index in [1.165, 1.54) is 5.56 Å². The third kappa shape index (κ3) is 2.68. The molecule has 0 aromatic carbocycles. The van der Waals surface area contributed by atoms with E-state index in [0.717, 1.165) is 22.6 Å². The van der Waals surface area contributed by atoms with Gasteiger partial charge in [0.2, 0.25) is 0 Å². The molecular weight excluding hydrogens is 304 g/mol. The fourth-order valence-corrected chi connectivity index (χ4v) is 3.33. The summed E-state index contributed by atoms with van der Waals surface area (Å²) in [6.45, 7) is 6.61. The number of hydrogen-bond donors (Lipinski definition) is 0. The zero-order valence-corrected chi connectivity index (χ0v) is 13.9. The molecule has 0 atom stereocenters. The molecule has 24 heavy (non-hydrogen) atoms. The van der Waals surface area contributed by atoms with Crippen molar-refractivity contribution in [1.82, 2.24) is 14.9 Å². The molecule has 2 aromatic rings. The Balaban J connectivity index is 1.33. The number of fused-ring (bicyclic) bond motifs is 1. The molecule has 0 radical (unpaired) electrons. The normalized spacial score (nSPS) is 16.8. The van der Waals surface area contributed by atoms with E-state index in [1.54, 1.807) is 11.1 Å². The van der Waals surface area contributed by atoms with Crippen LogP contribution in [0.15, 0.2) is 30.6 Å². The van der Waals surface area contributed by atoms with Gasteiger partial charge in [-0.25, -0.2) is 4.79 Å². The summed E-state index contributed by atoms with van der Waals surface area (Å²) in [5, 5.41) is 0. The Morgan fingerprint density at radius 2 is 2.12 bits per heavy atom. The van der Waals surface area contributed by atoms with Crippen molar-refractivity contribution in [3.05, 3.63) is 53.1 Å². The van der Waals surface area contributed by atoms with E-state index >= 15 is 0 Å². The molecule has 0 saturated carbocycles. The SMILES string of the molecule is Cc1cc(C)c2c(n1)CN(C(=O)OC1CN(c3cccnc3)C1)C2. The summed E-state index contributed by atoms with van der Waals surface area (Å²) in [5.41, 5.74) is 5.40. The highest BCUT2D eigenvalue weighted by molar-refractivity contribution is 5.69. The van der Waals surface area contributed by atoms with Crippen molar-refractivity contribution in [3.8, 4) is 0 Å². The number of anilines is 1. The summed E-state index contributed by atoms with van der Waals surface area (Å²) in [4.78, 5) is 24.9. The third-order valence-corrected chi connectivity index (χ3v) is 4.64. The van der Waals surface area contributed by atoms with Crippen molar-refractivity contribution in [2.24, 2.45) is 0 Å². The van der Waals surface area contributed by atoms with Crippen LogP contribution >= 0.6 is 0 Å². The predicted octanol–water partition coefficient (Wildman–Crippen LogP) is 2.43. The largest absolute Gasteiger partial charge is 0.442 e. The molecule has 2 aromatic heterocycles. The van der Waals surface area contributed by atoms with Crippen LogP contribution in [0.1, 0.15) is 22.5 Å². The maximum Gasteiger partial charge on any atom is 0.410 e. The van der Waals surface area contributed by atoms with Crippen molar-refractivity contribution in [2.75, 3.05) is 18.0 Å². The summed E-state index contributed by atoms with van der Waals surface area (Å²) >= 11 is 0. The lowest BCUT2D eigenvalue weighted by Gasteiger charge is -2.40. The van der Waals surface area contributed by atoms with E-state index in [0.29, 0.717) is 26.2 Å². The topological polar surface area (TPSA) is 58.6 Å². The first kappa shape index (κ1) is 14.9. The van der Waals surface area contributed by atoms with Crippen LogP contribution in [0, 0.1) is 13.8 Å². The average molecular weight is 324 g/mol. The number of amides is 1. The highest BCUT2D eigenvalue weighted by Crippen LogP contribution is 2.27. The van der Waals surface area contributed by atoms with Crippen molar-refractivity contribution in [3.63, 3.8) is 0 Å². The van der Waals surface area contributed by atoms with Crippen molar-refractivity contribution < 1.29 is 9.53 Å². The second-order valence-corrected chi connectivity index (χ2v) is 6.48. The van der Waals surface area contributed by atoms with Gasteiger partial charge in [-0.15, -0.1) is 0 Å². The van der Waals surface area contributed by atoms with Gasteiger partial charge in [0, 0.05) is 11.9 Å². The second-order valence-electron chi connectivity index (χ2n) is 6.48. The number of ether oxygens (including phenoxy) is 1. The predicted molar refractivity (Wildman–Crippen MR) is 89.7 cm³/mol. The quantitative estimate of drug-likeness (QED) is 0.849. The maximum absolute atomic E-state index is 12.4. The Kier molecular flexibility index (Phi) is 3.59. The molecule has 1 amide bonds. The fourth-order valence-electron chi connectivity index (χ4n) is 3.33. The molecular formula is C18H20N4O2. The van der Waals surface area contributed by atoms with Crippen LogP contribution in [0.2, 0.25) is 0 Å². The second kappa shape index (κ2) is 5.78. The molecule has 4 heterocycles. The van der Waals surface area contributed by atoms with Crippen LogP contribution in [0.25, 0.3) is 0 Å². The summed E-state index contributed by atoms with van der Waals surface area (Å²) in [6.07, 6.45) is 3.27. The van der Waals surface area contributed by atoms with E-state index < -0.39 is 0 Å². The molecule has 4 rings (SSSR count). The van der Waals surface area contributed by atoms with Crippen LogP contribution in [-0.2, 0) is 17.8 Å². The van der Waals surface area contributed by atoms with Crippen molar-refractivity contribution >= 4 is 11.8 Å². The van der Waals surface area contributed by atoms with E-state index in [-0.39, 0.29) is 12.2 Å². The molecule has 1 fully saturated rings. The molecule has 0 N–H and O–H groups in total. The minimum atomic E-state index is -0.249. The molecule has 6 heteroatoms. The third-order valence-electron chi connectivity index (χ3n) is 4.64. The highest BCUT2D eigenvalue weighted by Gasteiger charge is 2.34. The lowest BCUT2D eigenvalue weighted by atomic mass is 10.1. The summed E-state index contributed by atoms with van der Waals surface area (Å²) in [7, 11) is 0. The number of rotatable bonds is 2. The number of carbonyl (C=O) groups is 1. The van der Waals surface area contributed by atoms with Gasteiger partial charge in [0.1, 0.15) is 6.10 Å². The smallest absolute Gasteiger partial charge is 0.410 e. The van der Waals surface area contributed by atoms with E-state index in [2.05, 4.69) is 27.9 Å². The van der Waals surface area contributed by atoms with Crippen LogP contribution in [-0.4, -0.2) is 40.2 Å². The summed E-state index contributed by atoms with van der Waals surface area (Å²) < 4.78 is 5.62. The molecule has 1 saturated heterocycles. The first-order chi connectivity index (χ1) is 11.6. The zero-order chi connectivity index (χ0) is 16.7. The molecule has 0 bridgehead atoms. The lowest BCUT2D eigenvalue weighted by Crippen LogP contribution is -2.54. The Hall–Kier alpha value is -2.63. The number of aryl methyl sites for hydroxylation is 2. The minimum absolute atomic E-state index is 0.0581. The van der Waals surface area contributed by atoms with Gasteiger partial charge in [0.05, 0.1) is 43.8 Å². The molecule has 0 unspecified atom stereocenters. The number of aromatic nitrogens is 2. The molecule has 0 aliphatic carbocycles. The molecule has 2 aliphatic rings. The zero-order valence-electron chi connectivity index (χ0n) is 13.9. The van der Waals surface area contributed by atoms with Gasteiger partial charge in [-0.3, -0.25) is 14.9 Å². The van der Waals surface area contributed by atoms with Gasteiger partial charge in [-0.2, -0.15) is 0 Å². The Morgan fingerprint density at radius 1 is 1.29 bits per heavy atom. The van der Waals surface area contributed by atoms with Crippen molar-refractivity contribution in [2.45, 2.75) is 33.0 Å². The first-order valence-electron chi connectivity index (χ1n) is 8.16. The summed E-state index contributed by atoms with van der Waals surface area (Å²) in [5.74, 6) is 0. The van der Waals surface area contributed by atoms with Gasteiger partial charge in [-0.05, 0) is 43.2 Å². The number of nitrogens with zero attached hydrogens (tertiary/aromatic N) is 4. The lowest BCUT2D eigenvalue weighted by molar-refractivity contribution is 0.0490. The highest BCUT2D eigenvalue weighted by atomic mass is 16.6. The van der Waals surface area contributed by atoms with Gasteiger partial charge < -0.3 is 9.64 Å². The fraction of sp³-hybridized carbons (Fsp3) is 0.389. The first-order valence-corrected chi connectivity index (χ1v) is 8.16. The van der Waals surface area contributed by atoms with E-state index in [1.807, 2.05) is 25.3 Å². The number of hydrogen-bond acceptors (Lipinski definition) is 5. The minimum Gasteiger partial charge on any atom is -0.442 e. The van der Waals surface area contributed by atoms with Gasteiger partial charge in [-0.1, -0.05) is 0 Å². The summed E-state index contributed by atoms with van der Waals surface area (Å²) in [6, 6.07) is 5.98. The Bertz CT molecular complexity index is 772. The number of carbonyl (C=O) groups excluding carboxylic acids is 1. The van der Waals surface area contributed by atoms with Crippen LogP contribution in [0.5, 0.6) is 0 Å². The van der Waals surface area contributed by atoms with Crippen LogP contribution < -0.4 is 4.90 Å². The van der Waals surface area contributed by atoms with Gasteiger partial charge >= 0.3 is 6.09 Å². The van der Waals surface area contributed by atoms with Gasteiger partial charge in [0.15, 0.2) is 0 Å². The van der Waals surface area contributed by atoms with E-state index in [9.17, 15) is 4.79 Å². The van der Waals surface area contributed by atoms with E-state index in [4.69, 9.17) is 4.74 Å². The molecule has 124 valence electrons. The maximum atomic E-state index is 12.4. The van der Waals surface area contributed by atoms with Crippen LogP contribution in [0.4, 0.5) is 10.5 Å². The van der Waals surface area contributed by atoms with Gasteiger partial charge in [0.25, 0.3) is 0 Å². The average Bonchev–Trinajstić information content (AvgIpc) is 2.95. The number of pyridine rings is 2. The molecule has 6 nitrogen and oxygen atoms in total. The monoisotopic (exact) mass is 324 g/mol. The van der Waals surface area contributed by atoms with Crippen molar-refractivity contribution in [1.29, 1.82) is 0 Å².